The van der Waals surface area contributed by atoms with E-state index in [-0.39, 0.29) is 23.6 Å². The maximum atomic E-state index is 12.4. The quantitative estimate of drug-likeness (QED) is 0.858. The first-order chi connectivity index (χ1) is 9.57. The number of aliphatic hydroxyl groups excluding tert-OH is 1. The summed E-state index contributed by atoms with van der Waals surface area (Å²) in [5, 5.41) is 8.83. The molecule has 0 amide bonds. The van der Waals surface area contributed by atoms with Gasteiger partial charge in [-0.1, -0.05) is 6.92 Å². The Bertz CT molecular complexity index is 525. The fourth-order valence-corrected chi connectivity index (χ4v) is 3.69. The Morgan fingerprint density at radius 3 is 2.95 bits per heavy atom. The smallest absolute Gasteiger partial charge is 0.276 e. The fraction of sp³-hybridized carbons (Fsp3) is 0.692. The van der Waals surface area contributed by atoms with Crippen molar-refractivity contribution in [3.05, 3.63) is 17.9 Å². The lowest BCUT2D eigenvalue weighted by Crippen LogP contribution is -2.43. The molecule has 1 aromatic heterocycles. The van der Waals surface area contributed by atoms with Gasteiger partial charge in [0.15, 0.2) is 0 Å². The number of hydrogen-bond acceptors (Lipinski definition) is 5. The highest BCUT2D eigenvalue weighted by Crippen LogP contribution is 2.23. The SMILES string of the molecule is CCCOC1CCCN(S(=O)(=O)c2ccc(CO)o2)C1. The highest BCUT2D eigenvalue weighted by molar-refractivity contribution is 7.89. The summed E-state index contributed by atoms with van der Waals surface area (Å²) in [6, 6.07) is 2.86. The minimum atomic E-state index is -3.63. The number of aliphatic hydroxyl groups is 1. The van der Waals surface area contributed by atoms with Crippen LogP contribution in [0.3, 0.4) is 0 Å². The Balaban J connectivity index is 2.08. The molecule has 20 heavy (non-hydrogen) atoms. The standard InChI is InChI=1S/C13H21NO5S/c1-2-8-18-11-4-3-7-14(9-11)20(16,17)13-6-5-12(10-15)19-13/h5-6,11,15H,2-4,7-10H2,1H3. The molecule has 1 saturated heterocycles. The van der Waals surface area contributed by atoms with Crippen LogP contribution < -0.4 is 0 Å². The highest BCUT2D eigenvalue weighted by atomic mass is 32.2. The topological polar surface area (TPSA) is 80.0 Å². The number of sulfonamides is 1. The molecule has 1 atom stereocenters. The molecule has 2 rings (SSSR count). The van der Waals surface area contributed by atoms with E-state index in [1.54, 1.807) is 0 Å². The van der Waals surface area contributed by atoms with E-state index in [0.717, 1.165) is 19.3 Å². The van der Waals surface area contributed by atoms with Crippen LogP contribution in [0, 0.1) is 0 Å². The molecule has 0 spiro atoms. The molecule has 2 heterocycles. The lowest BCUT2D eigenvalue weighted by Gasteiger charge is -2.31. The molecule has 1 aromatic rings. The van der Waals surface area contributed by atoms with Gasteiger partial charge in [-0.2, -0.15) is 4.31 Å². The van der Waals surface area contributed by atoms with E-state index in [2.05, 4.69) is 0 Å². The van der Waals surface area contributed by atoms with Crippen molar-refractivity contribution in [3.63, 3.8) is 0 Å². The zero-order valence-corrected chi connectivity index (χ0v) is 12.4. The Labute approximate surface area is 119 Å². The lowest BCUT2D eigenvalue weighted by molar-refractivity contribution is 0.0190. The van der Waals surface area contributed by atoms with E-state index in [4.69, 9.17) is 14.3 Å². The molecule has 114 valence electrons. The van der Waals surface area contributed by atoms with Crippen LogP contribution in [-0.2, 0) is 21.4 Å². The van der Waals surface area contributed by atoms with Gasteiger partial charge in [-0.3, -0.25) is 0 Å². The Kier molecular flexibility index (Phi) is 5.20. The molecular formula is C13H21NO5S. The van der Waals surface area contributed by atoms with Gasteiger partial charge in [0, 0.05) is 19.7 Å². The summed E-state index contributed by atoms with van der Waals surface area (Å²) in [5.41, 5.74) is 0. The van der Waals surface area contributed by atoms with Gasteiger partial charge in [0.1, 0.15) is 12.4 Å². The minimum absolute atomic E-state index is 0.0502. The van der Waals surface area contributed by atoms with Crippen LogP contribution >= 0.6 is 0 Å². The maximum absolute atomic E-state index is 12.4. The number of piperidine rings is 1. The van der Waals surface area contributed by atoms with Crippen LogP contribution in [0.4, 0.5) is 0 Å². The second-order valence-corrected chi connectivity index (χ2v) is 6.75. The van der Waals surface area contributed by atoms with E-state index >= 15 is 0 Å². The predicted octanol–water partition coefficient (Wildman–Crippen LogP) is 1.35. The average Bonchev–Trinajstić information content (AvgIpc) is 2.95. The maximum Gasteiger partial charge on any atom is 0.276 e. The first-order valence-corrected chi connectivity index (χ1v) is 8.33. The number of furan rings is 1. The third kappa shape index (κ3) is 3.41. The Hall–Kier alpha value is -0.890. The molecule has 7 heteroatoms. The summed E-state index contributed by atoms with van der Waals surface area (Å²) < 4.78 is 37.1. The predicted molar refractivity (Wildman–Crippen MR) is 72.7 cm³/mol. The van der Waals surface area contributed by atoms with Gasteiger partial charge >= 0.3 is 0 Å². The first-order valence-electron chi connectivity index (χ1n) is 6.89. The molecule has 1 aliphatic rings. The van der Waals surface area contributed by atoms with E-state index in [0.29, 0.717) is 19.7 Å². The van der Waals surface area contributed by atoms with Crippen molar-refractivity contribution in [1.29, 1.82) is 0 Å². The van der Waals surface area contributed by atoms with Crippen molar-refractivity contribution >= 4 is 10.0 Å². The Morgan fingerprint density at radius 2 is 2.30 bits per heavy atom. The van der Waals surface area contributed by atoms with Gasteiger partial charge in [0.25, 0.3) is 10.0 Å². The van der Waals surface area contributed by atoms with Crippen LogP contribution in [0.1, 0.15) is 31.9 Å². The van der Waals surface area contributed by atoms with Crippen molar-refractivity contribution < 1.29 is 22.7 Å². The largest absolute Gasteiger partial charge is 0.446 e. The van der Waals surface area contributed by atoms with E-state index in [1.165, 1.54) is 16.4 Å². The van der Waals surface area contributed by atoms with E-state index in [1.807, 2.05) is 6.92 Å². The minimum Gasteiger partial charge on any atom is -0.446 e. The summed E-state index contributed by atoms with van der Waals surface area (Å²) in [6.45, 7) is 3.20. The van der Waals surface area contributed by atoms with Gasteiger partial charge in [-0.05, 0) is 31.4 Å². The summed E-state index contributed by atoms with van der Waals surface area (Å²) in [7, 11) is -3.63. The molecular weight excluding hydrogens is 282 g/mol. The van der Waals surface area contributed by atoms with Crippen LogP contribution in [0.5, 0.6) is 0 Å². The molecule has 0 saturated carbocycles. The van der Waals surface area contributed by atoms with Gasteiger partial charge in [-0.25, -0.2) is 8.42 Å². The monoisotopic (exact) mass is 303 g/mol. The van der Waals surface area contributed by atoms with Gasteiger partial charge in [0.2, 0.25) is 5.09 Å². The second-order valence-electron chi connectivity index (χ2n) is 4.88. The highest BCUT2D eigenvalue weighted by Gasteiger charge is 2.32. The van der Waals surface area contributed by atoms with Gasteiger partial charge in [-0.15, -0.1) is 0 Å². The fourth-order valence-electron chi connectivity index (χ4n) is 2.25. The van der Waals surface area contributed by atoms with Crippen molar-refractivity contribution in [2.45, 2.75) is 44.0 Å². The van der Waals surface area contributed by atoms with E-state index < -0.39 is 10.0 Å². The van der Waals surface area contributed by atoms with E-state index in [9.17, 15) is 8.42 Å². The van der Waals surface area contributed by atoms with Crippen molar-refractivity contribution in [3.8, 4) is 0 Å². The van der Waals surface area contributed by atoms with Gasteiger partial charge in [0.05, 0.1) is 6.10 Å². The number of ether oxygens (including phenoxy) is 1. The zero-order chi connectivity index (χ0) is 14.6. The van der Waals surface area contributed by atoms with Gasteiger partial charge < -0.3 is 14.3 Å². The number of nitrogens with zero attached hydrogens (tertiary/aromatic N) is 1. The molecule has 1 fully saturated rings. The molecule has 0 radical (unpaired) electrons. The lowest BCUT2D eigenvalue weighted by atomic mass is 10.1. The molecule has 1 unspecified atom stereocenters. The molecule has 1 N–H and O–H groups in total. The summed E-state index contributed by atoms with van der Waals surface area (Å²) in [6.07, 6.45) is 2.53. The molecule has 0 bridgehead atoms. The summed E-state index contributed by atoms with van der Waals surface area (Å²) >= 11 is 0. The van der Waals surface area contributed by atoms with Crippen LogP contribution in [0.2, 0.25) is 0 Å². The molecule has 6 nitrogen and oxygen atoms in total. The van der Waals surface area contributed by atoms with Crippen LogP contribution in [0.15, 0.2) is 21.6 Å². The third-order valence-electron chi connectivity index (χ3n) is 3.29. The zero-order valence-electron chi connectivity index (χ0n) is 11.6. The molecule has 0 aliphatic carbocycles. The van der Waals surface area contributed by atoms with Crippen molar-refractivity contribution in [2.75, 3.05) is 19.7 Å². The average molecular weight is 303 g/mol. The normalized spacial score (nSPS) is 21.2. The Morgan fingerprint density at radius 1 is 1.50 bits per heavy atom. The van der Waals surface area contributed by atoms with Crippen molar-refractivity contribution in [2.24, 2.45) is 0 Å². The van der Waals surface area contributed by atoms with Crippen LogP contribution in [-0.4, -0.2) is 43.6 Å². The second kappa shape index (κ2) is 6.71. The van der Waals surface area contributed by atoms with Crippen molar-refractivity contribution in [1.82, 2.24) is 4.31 Å². The molecule has 0 aromatic carbocycles. The number of rotatable bonds is 6. The first kappa shape index (κ1) is 15.5. The summed E-state index contributed by atoms with van der Waals surface area (Å²) in [4.78, 5) is 0. The number of hydrogen-bond donors (Lipinski definition) is 1. The third-order valence-corrected chi connectivity index (χ3v) is 5.02. The molecule has 1 aliphatic heterocycles. The van der Waals surface area contributed by atoms with Crippen LogP contribution in [0.25, 0.3) is 0 Å². The summed E-state index contributed by atoms with van der Waals surface area (Å²) in [5.74, 6) is 0.249.